The van der Waals surface area contributed by atoms with Crippen molar-refractivity contribution in [2.45, 2.75) is 78.9 Å². The molecule has 0 aromatic rings. The molecule has 3 aliphatic rings. The molecule has 1 fully saturated rings. The summed E-state index contributed by atoms with van der Waals surface area (Å²) in [5.74, 6) is 0.323. The van der Waals surface area contributed by atoms with Crippen molar-refractivity contribution >= 4 is 5.97 Å². The van der Waals surface area contributed by atoms with Crippen LogP contribution in [0.3, 0.4) is 0 Å². The average molecular weight is 363 g/mol. The Morgan fingerprint density at radius 1 is 1.31 bits per heavy atom. The predicted molar refractivity (Wildman–Crippen MR) is 101 cm³/mol. The second-order valence-corrected chi connectivity index (χ2v) is 9.39. The molecule has 2 unspecified atom stereocenters. The fraction of sp³-hybridized carbons (Fsp3) is 0.773. The first kappa shape index (κ1) is 19.6. The van der Waals surface area contributed by atoms with Crippen LogP contribution in [0, 0.1) is 22.7 Å². The number of carbonyl (C=O) groups is 1. The molecule has 3 aliphatic carbocycles. The second-order valence-electron chi connectivity index (χ2n) is 9.39. The maximum atomic E-state index is 11.7. The van der Waals surface area contributed by atoms with Crippen LogP contribution in [-0.2, 0) is 9.53 Å². The first-order valence-electron chi connectivity index (χ1n) is 10.0. The molecule has 0 radical (unpaired) electrons. The average Bonchev–Trinajstić information content (AvgIpc) is 2.87. The molecular weight excluding hydrogens is 328 g/mol. The van der Waals surface area contributed by atoms with Gasteiger partial charge < -0.3 is 14.9 Å². The second kappa shape index (κ2) is 6.79. The van der Waals surface area contributed by atoms with Gasteiger partial charge in [-0.1, -0.05) is 44.9 Å². The van der Waals surface area contributed by atoms with Crippen molar-refractivity contribution < 1.29 is 19.7 Å². The molecule has 0 bridgehead atoms. The molecule has 4 nitrogen and oxygen atoms in total. The quantitative estimate of drug-likeness (QED) is 0.592. The van der Waals surface area contributed by atoms with E-state index in [0.717, 1.165) is 19.3 Å². The van der Waals surface area contributed by atoms with E-state index in [4.69, 9.17) is 4.74 Å². The number of allylic oxidation sites excluding steroid dienone is 2. The van der Waals surface area contributed by atoms with E-state index in [2.05, 4.69) is 27.7 Å². The van der Waals surface area contributed by atoms with Gasteiger partial charge in [-0.25, -0.2) is 0 Å². The maximum Gasteiger partial charge on any atom is 0.303 e. The van der Waals surface area contributed by atoms with Gasteiger partial charge in [0.1, 0.15) is 6.10 Å². The SMILES string of the molecule is CC(=O)O[C@@H]1CC2C3=C(C(C)C)CC[C@]3(C)CC[C@@]2(C)C(O)C=C1CO. The van der Waals surface area contributed by atoms with Crippen LogP contribution in [0.15, 0.2) is 22.8 Å². The predicted octanol–water partition coefficient (Wildman–Crippen LogP) is 3.77. The molecule has 0 saturated heterocycles. The molecule has 0 aliphatic heterocycles. The Morgan fingerprint density at radius 3 is 2.58 bits per heavy atom. The minimum absolute atomic E-state index is 0.167. The summed E-state index contributed by atoms with van der Waals surface area (Å²) in [5, 5.41) is 20.9. The van der Waals surface area contributed by atoms with Gasteiger partial charge in [-0.05, 0) is 54.9 Å². The van der Waals surface area contributed by atoms with Gasteiger partial charge in [-0.3, -0.25) is 4.79 Å². The van der Waals surface area contributed by atoms with Crippen molar-refractivity contribution in [2.75, 3.05) is 6.61 Å². The summed E-state index contributed by atoms with van der Waals surface area (Å²) in [6.45, 7) is 10.3. The van der Waals surface area contributed by atoms with E-state index in [1.54, 1.807) is 6.08 Å². The molecule has 0 amide bonds. The number of ether oxygens (including phenoxy) is 1. The molecular formula is C22H34O4. The molecule has 0 heterocycles. The number of hydrogen-bond donors (Lipinski definition) is 2. The molecule has 0 aromatic carbocycles. The summed E-state index contributed by atoms with van der Waals surface area (Å²) in [5.41, 5.74) is 3.58. The van der Waals surface area contributed by atoms with Crippen LogP contribution in [0.25, 0.3) is 0 Å². The Hall–Kier alpha value is -1.13. The van der Waals surface area contributed by atoms with Gasteiger partial charge in [-0.2, -0.15) is 0 Å². The lowest BCUT2D eigenvalue weighted by Gasteiger charge is -2.51. The Balaban J connectivity index is 2.11. The summed E-state index contributed by atoms with van der Waals surface area (Å²) in [4.78, 5) is 11.7. The summed E-state index contributed by atoms with van der Waals surface area (Å²) in [6.07, 6.45) is 5.66. The highest BCUT2D eigenvalue weighted by atomic mass is 16.5. The third kappa shape index (κ3) is 3.05. The number of esters is 1. The van der Waals surface area contributed by atoms with Crippen LogP contribution in [-0.4, -0.2) is 35.0 Å². The van der Waals surface area contributed by atoms with Crippen LogP contribution in [0.5, 0.6) is 0 Å². The van der Waals surface area contributed by atoms with Gasteiger partial charge in [0.15, 0.2) is 0 Å². The highest BCUT2D eigenvalue weighted by Crippen LogP contribution is 2.63. The van der Waals surface area contributed by atoms with Crippen LogP contribution < -0.4 is 0 Å². The number of fused-ring (bicyclic) bond motifs is 3. The van der Waals surface area contributed by atoms with E-state index >= 15 is 0 Å². The lowest BCUT2D eigenvalue weighted by Crippen LogP contribution is -2.46. The minimum atomic E-state index is -0.638. The summed E-state index contributed by atoms with van der Waals surface area (Å²) >= 11 is 0. The van der Waals surface area contributed by atoms with E-state index < -0.39 is 12.2 Å². The summed E-state index contributed by atoms with van der Waals surface area (Å²) < 4.78 is 5.59. The smallest absolute Gasteiger partial charge is 0.303 e. The maximum absolute atomic E-state index is 11.7. The fourth-order valence-electron chi connectivity index (χ4n) is 5.71. The van der Waals surface area contributed by atoms with Gasteiger partial charge in [-0.15, -0.1) is 0 Å². The van der Waals surface area contributed by atoms with Crippen molar-refractivity contribution in [3.63, 3.8) is 0 Å². The van der Waals surface area contributed by atoms with Gasteiger partial charge >= 0.3 is 5.97 Å². The Bertz CT molecular complexity index is 647. The number of hydrogen-bond acceptors (Lipinski definition) is 4. The van der Waals surface area contributed by atoms with E-state index in [-0.39, 0.29) is 29.3 Å². The zero-order chi connectivity index (χ0) is 19.3. The number of aliphatic hydroxyl groups is 2. The zero-order valence-electron chi connectivity index (χ0n) is 16.8. The summed E-state index contributed by atoms with van der Waals surface area (Å²) in [7, 11) is 0. The number of carbonyl (C=O) groups excluding carboxylic acids is 1. The highest BCUT2D eigenvalue weighted by molar-refractivity contribution is 5.66. The van der Waals surface area contributed by atoms with Crippen molar-refractivity contribution in [1.29, 1.82) is 0 Å². The van der Waals surface area contributed by atoms with Gasteiger partial charge in [0.25, 0.3) is 0 Å². The Morgan fingerprint density at radius 2 is 2.00 bits per heavy atom. The third-order valence-electron chi connectivity index (χ3n) is 7.40. The van der Waals surface area contributed by atoms with Crippen molar-refractivity contribution in [3.8, 4) is 0 Å². The third-order valence-corrected chi connectivity index (χ3v) is 7.40. The van der Waals surface area contributed by atoms with Gasteiger partial charge in [0, 0.05) is 12.3 Å². The van der Waals surface area contributed by atoms with Crippen molar-refractivity contribution in [1.82, 2.24) is 0 Å². The molecule has 26 heavy (non-hydrogen) atoms. The van der Waals surface area contributed by atoms with Crippen LogP contribution >= 0.6 is 0 Å². The lowest BCUT2D eigenvalue weighted by atomic mass is 9.54. The molecule has 5 atom stereocenters. The molecule has 0 aromatic heterocycles. The monoisotopic (exact) mass is 362 g/mol. The zero-order valence-corrected chi connectivity index (χ0v) is 16.8. The van der Waals surface area contributed by atoms with E-state index in [0.29, 0.717) is 17.9 Å². The Kier molecular flexibility index (Phi) is 5.13. The van der Waals surface area contributed by atoms with Crippen LogP contribution in [0.1, 0.15) is 66.7 Å². The summed E-state index contributed by atoms with van der Waals surface area (Å²) in [6, 6.07) is 0. The first-order valence-corrected chi connectivity index (χ1v) is 10.0. The normalized spacial score (nSPS) is 40.0. The first-order chi connectivity index (χ1) is 12.1. The highest BCUT2D eigenvalue weighted by Gasteiger charge is 2.55. The molecule has 1 saturated carbocycles. The standard InChI is InChI=1S/C22H34O4/c1-13(2)16-6-7-21(4)8-9-22(5)17(20(16)21)11-18(26-14(3)24)15(12-23)10-19(22)25/h10,13,17-19,23,25H,6-9,11-12H2,1-5H3/t17?,18-,19?,21-,22-/m1/s1. The van der Waals surface area contributed by atoms with E-state index in [1.807, 2.05) is 0 Å². The van der Waals surface area contributed by atoms with Crippen molar-refractivity contribution in [2.24, 2.45) is 22.7 Å². The molecule has 0 spiro atoms. The van der Waals surface area contributed by atoms with E-state index in [1.165, 1.54) is 24.5 Å². The number of rotatable bonds is 3. The molecule has 146 valence electrons. The Labute approximate surface area is 157 Å². The minimum Gasteiger partial charge on any atom is -0.458 e. The molecule has 3 rings (SSSR count). The fourth-order valence-corrected chi connectivity index (χ4v) is 5.71. The lowest BCUT2D eigenvalue weighted by molar-refractivity contribution is -0.146. The van der Waals surface area contributed by atoms with E-state index in [9.17, 15) is 15.0 Å². The molecule has 4 heteroatoms. The number of aliphatic hydroxyl groups excluding tert-OH is 2. The van der Waals surface area contributed by atoms with Crippen LogP contribution in [0.2, 0.25) is 0 Å². The molecule has 2 N–H and O–H groups in total. The topological polar surface area (TPSA) is 66.8 Å². The largest absolute Gasteiger partial charge is 0.458 e. The van der Waals surface area contributed by atoms with Gasteiger partial charge in [0.05, 0.1) is 12.7 Å². The van der Waals surface area contributed by atoms with Crippen LogP contribution in [0.4, 0.5) is 0 Å². The van der Waals surface area contributed by atoms with Crippen molar-refractivity contribution in [3.05, 3.63) is 22.8 Å². The van der Waals surface area contributed by atoms with Gasteiger partial charge in [0.2, 0.25) is 0 Å².